The van der Waals surface area contributed by atoms with Gasteiger partial charge in [0.2, 0.25) is 5.88 Å². The summed E-state index contributed by atoms with van der Waals surface area (Å²) in [7, 11) is 0. The normalized spacial score (nSPS) is 25.0. The smallest absolute Gasteiger partial charge is 0.329 e. The Morgan fingerprint density at radius 3 is 2.30 bits per heavy atom. The van der Waals surface area contributed by atoms with Crippen LogP contribution < -0.4 is 4.74 Å². The molecule has 5 heteroatoms. The molecular weight excluding hydrogens is 412 g/mol. The quantitative estimate of drug-likeness (QED) is 0.343. The number of carbonyl (C=O) groups is 1. The van der Waals surface area contributed by atoms with Gasteiger partial charge in [0.05, 0.1) is 16.5 Å². The molecule has 1 heterocycles. The molecule has 166 valence electrons. The van der Waals surface area contributed by atoms with Crippen LogP contribution in [-0.2, 0) is 14.9 Å². The van der Waals surface area contributed by atoms with Gasteiger partial charge >= 0.3 is 5.97 Å². The van der Waals surface area contributed by atoms with Gasteiger partial charge in [0.1, 0.15) is 5.75 Å². The minimum absolute atomic E-state index is 0.450. The molecule has 1 aromatic heterocycles. The van der Waals surface area contributed by atoms with E-state index >= 15 is 0 Å². The van der Waals surface area contributed by atoms with Gasteiger partial charge in [0, 0.05) is 6.07 Å². The van der Waals surface area contributed by atoms with E-state index in [4.69, 9.17) is 19.7 Å². The molecule has 3 aromatic rings. The lowest BCUT2D eigenvalue weighted by Crippen LogP contribution is -2.27. The molecule has 2 aliphatic rings. The lowest BCUT2D eigenvalue weighted by atomic mass is 9.81. The second-order valence-corrected chi connectivity index (χ2v) is 9.65. The van der Waals surface area contributed by atoms with Crippen LogP contribution in [0.2, 0.25) is 0 Å². The number of rotatable bonds is 6. The molecule has 2 atom stereocenters. The van der Waals surface area contributed by atoms with E-state index in [9.17, 15) is 4.79 Å². The number of nitrogens with zero attached hydrogens (tertiary/aromatic N) is 2. The van der Waals surface area contributed by atoms with Crippen LogP contribution in [-0.4, -0.2) is 11.0 Å². The van der Waals surface area contributed by atoms with Gasteiger partial charge in [-0.05, 0) is 60.4 Å². The number of ether oxygens (including phenoxy) is 2. The number of para-hydroxylation sites is 1. The first-order chi connectivity index (χ1) is 15.9. The van der Waals surface area contributed by atoms with E-state index in [-0.39, 0.29) is 0 Å². The highest BCUT2D eigenvalue weighted by molar-refractivity contribution is 5.89. The van der Waals surface area contributed by atoms with Crippen LogP contribution in [0.15, 0.2) is 72.8 Å². The van der Waals surface area contributed by atoms with Crippen molar-refractivity contribution in [2.45, 2.75) is 44.9 Å². The van der Waals surface area contributed by atoms with Crippen LogP contribution in [0.25, 0.3) is 0 Å². The molecule has 2 aliphatic carbocycles. The number of benzene rings is 2. The van der Waals surface area contributed by atoms with E-state index in [1.807, 2.05) is 63.2 Å². The zero-order chi connectivity index (χ0) is 23.3. The molecule has 0 amide bonds. The molecule has 2 fully saturated rings. The minimum atomic E-state index is -0.977. The van der Waals surface area contributed by atoms with Crippen LogP contribution in [0, 0.1) is 22.3 Å². The van der Waals surface area contributed by atoms with Gasteiger partial charge in [-0.25, -0.2) is 4.98 Å². The van der Waals surface area contributed by atoms with Crippen molar-refractivity contribution < 1.29 is 14.3 Å². The van der Waals surface area contributed by atoms with Gasteiger partial charge < -0.3 is 9.47 Å². The van der Waals surface area contributed by atoms with Gasteiger partial charge in [0.15, 0.2) is 0 Å². The molecule has 0 saturated heterocycles. The van der Waals surface area contributed by atoms with Crippen LogP contribution in [0.3, 0.4) is 0 Å². The summed E-state index contributed by atoms with van der Waals surface area (Å²) in [5.41, 5.74) is 0.730. The maximum absolute atomic E-state index is 13.2. The van der Waals surface area contributed by atoms with Crippen molar-refractivity contribution in [1.29, 1.82) is 5.26 Å². The summed E-state index contributed by atoms with van der Waals surface area (Å²) in [4.78, 5) is 18.0. The monoisotopic (exact) mass is 438 g/mol. The van der Waals surface area contributed by atoms with Crippen molar-refractivity contribution >= 4 is 5.97 Å². The molecule has 0 spiro atoms. The molecule has 0 aliphatic heterocycles. The average Bonchev–Trinajstić information content (AvgIpc) is 3.72. The van der Waals surface area contributed by atoms with Gasteiger partial charge in [0.25, 0.3) is 6.26 Å². The number of pyridine rings is 1. The molecule has 2 saturated carbocycles. The van der Waals surface area contributed by atoms with E-state index in [0.717, 1.165) is 11.3 Å². The number of hydrogen-bond acceptors (Lipinski definition) is 5. The largest absolute Gasteiger partial charge is 0.439 e. The van der Waals surface area contributed by atoms with Crippen molar-refractivity contribution in [3.63, 3.8) is 0 Å². The molecule has 0 bridgehead atoms. The molecule has 2 unspecified atom stereocenters. The van der Waals surface area contributed by atoms with Gasteiger partial charge in [-0.15, -0.1) is 5.26 Å². The van der Waals surface area contributed by atoms with Crippen LogP contribution >= 0.6 is 0 Å². The minimum Gasteiger partial charge on any atom is -0.439 e. The van der Waals surface area contributed by atoms with E-state index in [2.05, 4.69) is 24.3 Å². The topological polar surface area (TPSA) is 72.2 Å². The summed E-state index contributed by atoms with van der Waals surface area (Å²) >= 11 is 0. The summed E-state index contributed by atoms with van der Waals surface area (Å²) in [5, 5.41) is 9.09. The van der Waals surface area contributed by atoms with Crippen molar-refractivity contribution in [1.82, 2.24) is 4.98 Å². The standard InChI is InChI=1S/C28H26N2O3/c1-26(2)27(3,25(31)32-18-29)28(26,21-16-14-20(15-17-21)19-12-13-19)23-10-7-11-24(30-23)33-22-8-5-4-6-9-22/h4-11,14-17,19H,12-13H2,1-3H3. The predicted octanol–water partition coefficient (Wildman–Crippen LogP) is 6.11. The summed E-state index contributed by atoms with van der Waals surface area (Å²) in [6.07, 6.45) is 4.02. The van der Waals surface area contributed by atoms with Gasteiger partial charge in [-0.1, -0.05) is 62.4 Å². The van der Waals surface area contributed by atoms with Crippen molar-refractivity contribution in [2.24, 2.45) is 10.8 Å². The molecule has 2 aromatic carbocycles. The van der Waals surface area contributed by atoms with E-state index in [1.54, 1.807) is 12.3 Å². The van der Waals surface area contributed by atoms with E-state index in [1.165, 1.54) is 18.4 Å². The van der Waals surface area contributed by atoms with Crippen molar-refractivity contribution in [3.05, 3.63) is 89.6 Å². The van der Waals surface area contributed by atoms with Gasteiger partial charge in [-0.3, -0.25) is 4.79 Å². The predicted molar refractivity (Wildman–Crippen MR) is 124 cm³/mol. The Kier molecular flexibility index (Phi) is 4.79. The Morgan fingerprint density at radius 2 is 1.67 bits per heavy atom. The number of carbonyl (C=O) groups excluding carboxylic acids is 1. The second-order valence-electron chi connectivity index (χ2n) is 9.65. The number of aromatic nitrogens is 1. The second kappa shape index (κ2) is 7.45. The molecule has 5 rings (SSSR count). The summed E-state index contributed by atoms with van der Waals surface area (Å²) in [5.74, 6) is 1.23. The maximum Gasteiger partial charge on any atom is 0.329 e. The zero-order valence-corrected chi connectivity index (χ0v) is 19.0. The van der Waals surface area contributed by atoms with Crippen LogP contribution in [0.5, 0.6) is 11.6 Å². The number of esters is 1. The fourth-order valence-electron chi connectivity index (χ4n) is 5.73. The highest BCUT2D eigenvalue weighted by atomic mass is 16.5. The molecule has 5 nitrogen and oxygen atoms in total. The molecule has 33 heavy (non-hydrogen) atoms. The average molecular weight is 439 g/mol. The molecule has 0 N–H and O–H groups in total. The molecule has 0 radical (unpaired) electrons. The van der Waals surface area contributed by atoms with E-state index < -0.39 is 22.2 Å². The Morgan fingerprint density at radius 1 is 0.970 bits per heavy atom. The summed E-state index contributed by atoms with van der Waals surface area (Å²) in [6.45, 7) is 5.94. The first-order valence-electron chi connectivity index (χ1n) is 11.3. The Balaban J connectivity index is 1.63. The lowest BCUT2D eigenvalue weighted by Gasteiger charge is -2.23. The Bertz CT molecular complexity index is 1240. The Labute approximate surface area is 194 Å². The summed E-state index contributed by atoms with van der Waals surface area (Å²) < 4.78 is 10.9. The first-order valence-corrected chi connectivity index (χ1v) is 11.3. The van der Waals surface area contributed by atoms with Crippen molar-refractivity contribution in [3.8, 4) is 17.9 Å². The summed E-state index contributed by atoms with van der Waals surface area (Å²) in [6, 6.07) is 23.6. The SMILES string of the molecule is CC1(C)C(C)(C(=O)OC#N)C1(c1ccc(C2CC2)cc1)c1cccc(Oc2ccccc2)n1. The molecular formula is C28H26N2O3. The highest BCUT2D eigenvalue weighted by Crippen LogP contribution is 2.80. The van der Waals surface area contributed by atoms with Gasteiger partial charge in [-0.2, -0.15) is 0 Å². The highest BCUT2D eigenvalue weighted by Gasteiger charge is 2.86. The number of hydrogen-bond donors (Lipinski definition) is 0. The van der Waals surface area contributed by atoms with Crippen molar-refractivity contribution in [2.75, 3.05) is 0 Å². The zero-order valence-electron chi connectivity index (χ0n) is 19.0. The third-order valence-corrected chi connectivity index (χ3v) is 7.89. The van der Waals surface area contributed by atoms with Crippen LogP contribution in [0.1, 0.15) is 56.4 Å². The first kappa shape index (κ1) is 21.2. The fraction of sp³-hybridized carbons (Fsp3) is 0.321. The lowest BCUT2D eigenvalue weighted by molar-refractivity contribution is -0.144. The number of nitriles is 1. The fourth-order valence-corrected chi connectivity index (χ4v) is 5.73. The third-order valence-electron chi connectivity index (χ3n) is 7.89. The van der Waals surface area contributed by atoms with E-state index in [0.29, 0.717) is 17.5 Å². The maximum atomic E-state index is 13.2. The Hall–Kier alpha value is -3.65. The van der Waals surface area contributed by atoms with Crippen LogP contribution in [0.4, 0.5) is 0 Å². The third kappa shape index (κ3) is 2.97.